The molecule has 10 heteroatoms. The zero-order chi connectivity index (χ0) is 25.8. The van der Waals surface area contributed by atoms with E-state index in [1.807, 2.05) is 30.3 Å². The van der Waals surface area contributed by atoms with Crippen LogP contribution in [0.2, 0.25) is 10.0 Å². The average molecular weight is 525 g/mol. The highest BCUT2D eigenvalue weighted by atomic mass is 35.5. The molecule has 4 rings (SSSR count). The molecule has 0 saturated carbocycles. The normalized spacial score (nSPS) is 11.6. The third kappa shape index (κ3) is 5.45. The van der Waals surface area contributed by atoms with Gasteiger partial charge in [0.25, 0.3) is 5.91 Å². The molecule has 0 aliphatic heterocycles. The van der Waals surface area contributed by atoms with E-state index in [2.05, 4.69) is 16.1 Å². The van der Waals surface area contributed by atoms with Crippen molar-refractivity contribution in [1.29, 1.82) is 0 Å². The zero-order valence-electron chi connectivity index (χ0n) is 19.3. The largest absolute Gasteiger partial charge is 0.494 e. The summed E-state index contributed by atoms with van der Waals surface area (Å²) in [6.07, 6.45) is 0. The number of rotatable bonds is 6. The van der Waals surface area contributed by atoms with Gasteiger partial charge in [-0.3, -0.25) is 19.8 Å². The highest BCUT2D eigenvalue weighted by Crippen LogP contribution is 2.29. The van der Waals surface area contributed by atoms with Crippen LogP contribution in [0.1, 0.15) is 29.0 Å². The maximum Gasteiger partial charge on any atom is 0.328 e. The van der Waals surface area contributed by atoms with Crippen molar-refractivity contribution < 1.29 is 19.1 Å². The zero-order valence-corrected chi connectivity index (χ0v) is 20.9. The first-order valence-corrected chi connectivity index (χ1v) is 11.6. The van der Waals surface area contributed by atoms with Gasteiger partial charge in [-0.25, -0.2) is 4.68 Å². The van der Waals surface area contributed by atoms with Crippen molar-refractivity contribution in [3.63, 3.8) is 0 Å². The number of hydrogen-bond donors (Lipinski definition) is 3. The molecule has 0 spiro atoms. The van der Waals surface area contributed by atoms with Gasteiger partial charge in [-0.05, 0) is 42.8 Å². The quantitative estimate of drug-likeness (QED) is 0.303. The molecule has 4 aromatic rings. The highest BCUT2D eigenvalue weighted by molar-refractivity contribution is 6.38. The summed E-state index contributed by atoms with van der Waals surface area (Å²) in [6.45, 7) is 1.77. The van der Waals surface area contributed by atoms with Gasteiger partial charge in [0, 0.05) is 21.1 Å². The lowest BCUT2D eigenvalue weighted by Gasteiger charge is -2.16. The van der Waals surface area contributed by atoms with Crippen LogP contribution in [0, 0.1) is 0 Å². The molecule has 0 fully saturated rings. The fourth-order valence-corrected chi connectivity index (χ4v) is 4.26. The van der Waals surface area contributed by atoms with Crippen LogP contribution in [0.15, 0.2) is 72.8 Å². The first-order chi connectivity index (χ1) is 17.3. The topological polar surface area (TPSA) is 101 Å². The van der Waals surface area contributed by atoms with Crippen molar-refractivity contribution >= 4 is 57.5 Å². The number of hydrogen-bond acceptors (Lipinski definition) is 4. The molecule has 0 bridgehead atoms. The molecule has 0 saturated heterocycles. The van der Waals surface area contributed by atoms with Crippen LogP contribution in [-0.2, 0) is 9.59 Å². The van der Waals surface area contributed by atoms with Gasteiger partial charge < -0.3 is 15.4 Å². The monoisotopic (exact) mass is 524 g/mol. The number of amides is 3. The Labute approximate surface area is 217 Å². The third-order valence-corrected chi connectivity index (χ3v) is 5.86. The number of carbonyl (C=O) groups is 3. The number of methoxy groups -OCH3 is 1. The lowest BCUT2D eigenvalue weighted by molar-refractivity contribution is -0.137. The van der Waals surface area contributed by atoms with E-state index in [0.29, 0.717) is 32.4 Å². The second-order valence-electron chi connectivity index (χ2n) is 7.92. The van der Waals surface area contributed by atoms with Crippen LogP contribution in [0.4, 0.5) is 5.69 Å². The first-order valence-electron chi connectivity index (χ1n) is 10.9. The Kier molecular flexibility index (Phi) is 7.47. The van der Waals surface area contributed by atoms with E-state index in [-0.39, 0.29) is 5.69 Å². The van der Waals surface area contributed by atoms with Gasteiger partial charge in [-0.15, -0.1) is 0 Å². The molecule has 36 heavy (non-hydrogen) atoms. The van der Waals surface area contributed by atoms with Crippen LogP contribution < -0.4 is 20.8 Å². The Morgan fingerprint density at radius 2 is 1.58 bits per heavy atom. The predicted octanol–water partition coefficient (Wildman–Crippen LogP) is 5.16. The van der Waals surface area contributed by atoms with E-state index in [1.54, 1.807) is 31.2 Å². The standard InChI is InChI=1S/C26H22Cl2N4O4/c1-15(16-7-4-3-5-8-16)29-25(34)26(35)31-32-21(11-17-9-6-10-22(36-2)23(17)32)24(33)30-20-13-18(27)12-19(28)14-20/h3-15H,1-2H3,(H,29,34)(H,30,33)(H,31,35)/t15-/m0/s1. The number of fused-ring (bicyclic) bond motifs is 1. The number of ether oxygens (including phenoxy) is 1. The summed E-state index contributed by atoms with van der Waals surface area (Å²) >= 11 is 12.1. The smallest absolute Gasteiger partial charge is 0.328 e. The Balaban J connectivity index is 1.65. The van der Waals surface area contributed by atoms with Crippen LogP contribution in [0.25, 0.3) is 10.9 Å². The predicted molar refractivity (Wildman–Crippen MR) is 140 cm³/mol. The molecular formula is C26H22Cl2N4O4. The third-order valence-electron chi connectivity index (χ3n) is 5.43. The van der Waals surface area contributed by atoms with Crippen molar-refractivity contribution in [3.8, 4) is 5.75 Å². The number of para-hydroxylation sites is 1. The van der Waals surface area contributed by atoms with Crippen LogP contribution >= 0.6 is 23.2 Å². The minimum absolute atomic E-state index is 0.0582. The molecule has 1 aromatic heterocycles. The minimum Gasteiger partial charge on any atom is -0.494 e. The Bertz CT molecular complexity index is 1430. The summed E-state index contributed by atoms with van der Waals surface area (Å²) in [4.78, 5) is 38.8. The second-order valence-corrected chi connectivity index (χ2v) is 8.79. The second kappa shape index (κ2) is 10.7. The lowest BCUT2D eigenvalue weighted by Crippen LogP contribution is -2.40. The summed E-state index contributed by atoms with van der Waals surface area (Å²) in [7, 11) is 1.47. The van der Waals surface area contributed by atoms with E-state index in [9.17, 15) is 14.4 Å². The van der Waals surface area contributed by atoms with Crippen molar-refractivity contribution in [2.24, 2.45) is 0 Å². The molecule has 8 nitrogen and oxygen atoms in total. The van der Waals surface area contributed by atoms with Gasteiger partial charge in [-0.2, -0.15) is 0 Å². The molecule has 1 atom stereocenters. The molecule has 0 radical (unpaired) electrons. The SMILES string of the molecule is COc1cccc2cc(C(=O)Nc3cc(Cl)cc(Cl)c3)n(NC(=O)C(=O)N[C@@H](C)c3ccccc3)c12. The van der Waals surface area contributed by atoms with Crippen LogP contribution in [-0.4, -0.2) is 29.5 Å². The maximum atomic E-state index is 13.2. The van der Waals surface area contributed by atoms with Crippen LogP contribution in [0.5, 0.6) is 5.75 Å². The fourth-order valence-electron chi connectivity index (χ4n) is 3.74. The van der Waals surface area contributed by atoms with Crippen LogP contribution in [0.3, 0.4) is 0 Å². The molecule has 0 aliphatic rings. The van der Waals surface area contributed by atoms with E-state index in [4.69, 9.17) is 27.9 Å². The molecule has 0 unspecified atom stereocenters. The van der Waals surface area contributed by atoms with E-state index in [1.165, 1.54) is 30.0 Å². The Morgan fingerprint density at radius 1 is 0.889 bits per heavy atom. The van der Waals surface area contributed by atoms with Crippen molar-refractivity contribution in [2.75, 3.05) is 17.9 Å². The van der Waals surface area contributed by atoms with E-state index < -0.39 is 23.8 Å². The number of aromatic nitrogens is 1. The maximum absolute atomic E-state index is 13.2. The number of anilines is 1. The molecule has 3 amide bonds. The van der Waals surface area contributed by atoms with Gasteiger partial charge in [0.2, 0.25) is 0 Å². The van der Waals surface area contributed by atoms with Crippen molar-refractivity contribution in [2.45, 2.75) is 13.0 Å². The lowest BCUT2D eigenvalue weighted by atomic mass is 10.1. The fraction of sp³-hybridized carbons (Fsp3) is 0.115. The summed E-state index contributed by atoms with van der Waals surface area (Å²) in [5.41, 5.74) is 4.20. The molecule has 0 aliphatic carbocycles. The van der Waals surface area contributed by atoms with Gasteiger partial charge in [-0.1, -0.05) is 65.7 Å². The van der Waals surface area contributed by atoms with E-state index in [0.717, 1.165) is 5.56 Å². The number of halogens is 2. The highest BCUT2D eigenvalue weighted by Gasteiger charge is 2.24. The summed E-state index contributed by atoms with van der Waals surface area (Å²) in [6, 6.07) is 20.2. The minimum atomic E-state index is -0.957. The van der Waals surface area contributed by atoms with Crippen molar-refractivity contribution in [3.05, 3.63) is 94.1 Å². The first kappa shape index (κ1) is 25.1. The van der Waals surface area contributed by atoms with Crippen molar-refractivity contribution in [1.82, 2.24) is 9.99 Å². The van der Waals surface area contributed by atoms with Gasteiger partial charge in [0.05, 0.1) is 13.2 Å². The van der Waals surface area contributed by atoms with Gasteiger partial charge in [0.15, 0.2) is 0 Å². The molecule has 1 heterocycles. The average Bonchev–Trinajstić information content (AvgIpc) is 3.22. The Hall–Kier alpha value is -4.01. The number of nitrogens with zero attached hydrogens (tertiary/aromatic N) is 1. The molecule has 3 aromatic carbocycles. The summed E-state index contributed by atoms with van der Waals surface area (Å²) in [5, 5.41) is 6.68. The molecule has 3 N–H and O–H groups in total. The van der Waals surface area contributed by atoms with Gasteiger partial charge >= 0.3 is 11.8 Å². The number of benzene rings is 3. The van der Waals surface area contributed by atoms with Gasteiger partial charge in [0.1, 0.15) is 17.0 Å². The Morgan fingerprint density at radius 3 is 2.25 bits per heavy atom. The van der Waals surface area contributed by atoms with E-state index >= 15 is 0 Å². The number of nitrogens with one attached hydrogen (secondary N) is 3. The number of carbonyl (C=O) groups excluding carboxylic acids is 3. The molecular weight excluding hydrogens is 503 g/mol. The summed E-state index contributed by atoms with van der Waals surface area (Å²) < 4.78 is 6.66. The summed E-state index contributed by atoms with van der Waals surface area (Å²) in [5.74, 6) is -1.99. The molecule has 184 valence electrons.